The number of halogens is 1. The van der Waals surface area contributed by atoms with Crippen molar-refractivity contribution in [3.8, 4) is 22.6 Å². The molecule has 0 fully saturated rings. The van der Waals surface area contributed by atoms with E-state index >= 15 is 0 Å². The second kappa shape index (κ2) is 5.84. The van der Waals surface area contributed by atoms with E-state index in [9.17, 15) is 14.5 Å². The lowest BCUT2D eigenvalue weighted by molar-refractivity contribution is -0.385. The van der Waals surface area contributed by atoms with E-state index < -0.39 is 10.7 Å². The van der Waals surface area contributed by atoms with Crippen molar-refractivity contribution in [2.45, 2.75) is 0 Å². The number of aryl methyl sites for hydroxylation is 1. The highest BCUT2D eigenvalue weighted by Gasteiger charge is 2.15. The van der Waals surface area contributed by atoms with Gasteiger partial charge in [0.2, 0.25) is 0 Å². The van der Waals surface area contributed by atoms with E-state index in [0.29, 0.717) is 11.3 Å². The molecule has 0 amide bonds. The summed E-state index contributed by atoms with van der Waals surface area (Å²) in [6.07, 6.45) is 6.50. The van der Waals surface area contributed by atoms with E-state index in [-0.39, 0.29) is 11.4 Å². The van der Waals surface area contributed by atoms with E-state index in [4.69, 9.17) is 4.74 Å². The zero-order valence-electron chi connectivity index (χ0n) is 12.0. The maximum atomic E-state index is 14.0. The summed E-state index contributed by atoms with van der Waals surface area (Å²) in [6.45, 7) is 0. The standard InChI is InChI=1S/C15H11FN4O3/c1-19-9-10(7-18-19)12-8-17-5-4-14(12)23-15-3-2-11(20(21)22)6-13(15)16/h2-9H,1H3. The molecule has 0 unspecified atom stereocenters. The van der Waals surface area contributed by atoms with E-state index in [2.05, 4.69) is 10.1 Å². The van der Waals surface area contributed by atoms with Crippen LogP contribution in [0, 0.1) is 15.9 Å². The lowest BCUT2D eigenvalue weighted by atomic mass is 10.1. The van der Waals surface area contributed by atoms with Crippen molar-refractivity contribution in [1.29, 1.82) is 0 Å². The van der Waals surface area contributed by atoms with Gasteiger partial charge in [0.05, 0.1) is 17.2 Å². The van der Waals surface area contributed by atoms with Gasteiger partial charge in [0.15, 0.2) is 11.6 Å². The minimum atomic E-state index is -0.812. The van der Waals surface area contributed by atoms with Crippen molar-refractivity contribution in [2.24, 2.45) is 7.05 Å². The fourth-order valence-electron chi connectivity index (χ4n) is 2.05. The summed E-state index contributed by atoms with van der Waals surface area (Å²) < 4.78 is 21.2. The molecule has 0 N–H and O–H groups in total. The van der Waals surface area contributed by atoms with Crippen molar-refractivity contribution in [2.75, 3.05) is 0 Å². The summed E-state index contributed by atoms with van der Waals surface area (Å²) in [5, 5.41) is 14.7. The molecule has 0 atom stereocenters. The van der Waals surface area contributed by atoms with E-state index in [1.165, 1.54) is 18.3 Å². The number of rotatable bonds is 4. The predicted octanol–water partition coefficient (Wildman–Crippen LogP) is 3.32. The van der Waals surface area contributed by atoms with E-state index in [1.807, 2.05) is 0 Å². The Balaban J connectivity index is 1.96. The molecular formula is C15H11FN4O3. The maximum Gasteiger partial charge on any atom is 0.272 e. The molecule has 0 saturated carbocycles. The normalized spacial score (nSPS) is 10.5. The highest BCUT2D eigenvalue weighted by atomic mass is 19.1. The number of nitro groups is 1. The number of hydrogen-bond acceptors (Lipinski definition) is 5. The van der Waals surface area contributed by atoms with Gasteiger partial charge in [0.25, 0.3) is 5.69 Å². The smallest absolute Gasteiger partial charge is 0.272 e. The molecule has 2 aromatic heterocycles. The van der Waals surface area contributed by atoms with Crippen LogP contribution in [0.25, 0.3) is 11.1 Å². The Morgan fingerprint density at radius 3 is 2.74 bits per heavy atom. The van der Waals surface area contributed by atoms with Crippen LogP contribution in [0.3, 0.4) is 0 Å². The zero-order valence-corrected chi connectivity index (χ0v) is 12.0. The fraction of sp³-hybridized carbons (Fsp3) is 0.0667. The van der Waals surface area contributed by atoms with Crippen molar-refractivity contribution >= 4 is 5.69 Å². The van der Waals surface area contributed by atoms with Gasteiger partial charge < -0.3 is 4.74 Å². The molecule has 23 heavy (non-hydrogen) atoms. The monoisotopic (exact) mass is 314 g/mol. The van der Waals surface area contributed by atoms with E-state index in [1.54, 1.807) is 36.4 Å². The quantitative estimate of drug-likeness (QED) is 0.545. The zero-order chi connectivity index (χ0) is 16.4. The Hall–Kier alpha value is -3.29. The Kier molecular flexibility index (Phi) is 3.71. The number of nitro benzene ring substituents is 1. The number of pyridine rings is 1. The van der Waals surface area contributed by atoms with Gasteiger partial charge >= 0.3 is 0 Å². The highest BCUT2D eigenvalue weighted by molar-refractivity contribution is 5.68. The van der Waals surface area contributed by atoms with Crippen LogP contribution in [0.5, 0.6) is 11.5 Å². The maximum absolute atomic E-state index is 14.0. The third kappa shape index (κ3) is 3.00. The Morgan fingerprint density at radius 2 is 2.09 bits per heavy atom. The molecule has 7 nitrogen and oxygen atoms in total. The summed E-state index contributed by atoms with van der Waals surface area (Å²) >= 11 is 0. The van der Waals surface area contributed by atoms with Gasteiger partial charge in [-0.25, -0.2) is 4.39 Å². The molecule has 1 aromatic carbocycles. The molecule has 0 radical (unpaired) electrons. The SMILES string of the molecule is Cn1cc(-c2cnccc2Oc2ccc([N+](=O)[O-])cc2F)cn1. The molecule has 8 heteroatoms. The second-order valence-electron chi connectivity index (χ2n) is 4.75. The average molecular weight is 314 g/mol. The van der Waals surface area contributed by atoms with Gasteiger partial charge in [0, 0.05) is 42.8 Å². The number of aromatic nitrogens is 3. The first-order chi connectivity index (χ1) is 11.0. The summed E-state index contributed by atoms with van der Waals surface area (Å²) in [6, 6.07) is 4.81. The molecule has 0 aliphatic rings. The number of nitrogens with zero attached hydrogens (tertiary/aromatic N) is 4. The van der Waals surface area contributed by atoms with Crippen LogP contribution in [-0.2, 0) is 7.05 Å². The molecule has 2 heterocycles. The van der Waals surface area contributed by atoms with Gasteiger partial charge in [-0.2, -0.15) is 5.10 Å². The summed E-state index contributed by atoms with van der Waals surface area (Å²) in [5.74, 6) is -0.541. The van der Waals surface area contributed by atoms with Crippen LogP contribution in [0.1, 0.15) is 0 Å². The minimum absolute atomic E-state index is 0.105. The van der Waals surface area contributed by atoms with Crippen LogP contribution in [0.2, 0.25) is 0 Å². The molecule has 0 aliphatic heterocycles. The first-order valence-corrected chi connectivity index (χ1v) is 6.59. The average Bonchev–Trinajstić information content (AvgIpc) is 2.96. The highest BCUT2D eigenvalue weighted by Crippen LogP contribution is 2.34. The first kappa shape index (κ1) is 14.6. The van der Waals surface area contributed by atoms with Crippen LogP contribution >= 0.6 is 0 Å². The van der Waals surface area contributed by atoms with Crippen molar-refractivity contribution < 1.29 is 14.1 Å². The largest absolute Gasteiger partial charge is 0.454 e. The first-order valence-electron chi connectivity index (χ1n) is 6.59. The van der Waals surface area contributed by atoms with Crippen molar-refractivity contribution in [3.63, 3.8) is 0 Å². The third-order valence-electron chi connectivity index (χ3n) is 3.14. The predicted molar refractivity (Wildman–Crippen MR) is 79.6 cm³/mol. The second-order valence-corrected chi connectivity index (χ2v) is 4.75. The molecule has 116 valence electrons. The van der Waals surface area contributed by atoms with Crippen LogP contribution in [-0.4, -0.2) is 19.7 Å². The summed E-state index contributed by atoms with van der Waals surface area (Å²) in [4.78, 5) is 14.0. The lowest BCUT2D eigenvalue weighted by Gasteiger charge is -2.10. The van der Waals surface area contributed by atoms with Crippen molar-refractivity contribution in [3.05, 3.63) is 65.0 Å². The van der Waals surface area contributed by atoms with Gasteiger partial charge in [-0.05, 0) is 12.1 Å². The number of benzene rings is 1. The van der Waals surface area contributed by atoms with Crippen LogP contribution in [0.15, 0.2) is 49.1 Å². The van der Waals surface area contributed by atoms with Gasteiger partial charge in [-0.1, -0.05) is 0 Å². The minimum Gasteiger partial charge on any atom is -0.454 e. The molecule has 3 rings (SSSR count). The van der Waals surface area contributed by atoms with Crippen LogP contribution < -0.4 is 4.74 Å². The molecule has 3 aromatic rings. The van der Waals surface area contributed by atoms with E-state index in [0.717, 1.165) is 11.6 Å². The third-order valence-corrected chi connectivity index (χ3v) is 3.14. The molecule has 0 spiro atoms. The summed E-state index contributed by atoms with van der Waals surface area (Å²) in [7, 11) is 1.77. The van der Waals surface area contributed by atoms with Crippen molar-refractivity contribution in [1.82, 2.24) is 14.8 Å². The molecule has 0 aliphatic carbocycles. The molecule has 0 bridgehead atoms. The Bertz CT molecular complexity index is 879. The Labute approximate surface area is 130 Å². The number of non-ortho nitro benzene ring substituents is 1. The van der Waals surface area contributed by atoms with Gasteiger partial charge in [-0.15, -0.1) is 0 Å². The summed E-state index contributed by atoms with van der Waals surface area (Å²) in [5.41, 5.74) is 1.06. The van der Waals surface area contributed by atoms with Gasteiger partial charge in [-0.3, -0.25) is 19.8 Å². The number of ether oxygens (including phenoxy) is 1. The van der Waals surface area contributed by atoms with Crippen LogP contribution in [0.4, 0.5) is 10.1 Å². The lowest BCUT2D eigenvalue weighted by Crippen LogP contribution is -1.94. The fourth-order valence-corrected chi connectivity index (χ4v) is 2.05. The molecule has 0 saturated heterocycles. The Morgan fingerprint density at radius 1 is 1.26 bits per heavy atom. The van der Waals surface area contributed by atoms with Gasteiger partial charge in [0.1, 0.15) is 5.75 Å². The molecular weight excluding hydrogens is 303 g/mol. The number of hydrogen-bond donors (Lipinski definition) is 0. The topological polar surface area (TPSA) is 83.1 Å².